The normalized spacial score (nSPS) is 13.7. The van der Waals surface area contributed by atoms with Gasteiger partial charge in [-0.25, -0.2) is 4.79 Å². The highest BCUT2D eigenvalue weighted by Crippen LogP contribution is 2.28. The van der Waals surface area contributed by atoms with Crippen LogP contribution in [0.4, 0.5) is 5.69 Å². The van der Waals surface area contributed by atoms with E-state index in [2.05, 4.69) is 5.32 Å². The standard InChI is InChI=1S/C13H13NO4/c1-2-17-13(16)6-4-9-3-5-10-11(7-9)18-8-12(15)14-10/h3-7H,2,8H2,1H3,(H,14,15)/b6-4+. The van der Waals surface area contributed by atoms with Crippen LogP contribution in [0, 0.1) is 0 Å². The van der Waals surface area contributed by atoms with E-state index in [-0.39, 0.29) is 18.5 Å². The highest BCUT2D eigenvalue weighted by Gasteiger charge is 2.15. The molecule has 0 unspecified atom stereocenters. The number of carbonyl (C=O) groups is 2. The van der Waals surface area contributed by atoms with Gasteiger partial charge in [-0.15, -0.1) is 0 Å². The second-order valence-corrected chi connectivity index (χ2v) is 3.68. The van der Waals surface area contributed by atoms with Crippen molar-refractivity contribution in [2.24, 2.45) is 0 Å². The van der Waals surface area contributed by atoms with Gasteiger partial charge in [0.1, 0.15) is 5.75 Å². The lowest BCUT2D eigenvalue weighted by Gasteiger charge is -2.17. The number of carbonyl (C=O) groups excluding carboxylic acids is 2. The molecule has 1 aliphatic heterocycles. The molecular formula is C13H13NO4. The highest BCUT2D eigenvalue weighted by molar-refractivity contribution is 5.95. The van der Waals surface area contributed by atoms with E-state index in [0.29, 0.717) is 18.0 Å². The molecular weight excluding hydrogens is 234 g/mol. The SMILES string of the molecule is CCOC(=O)/C=C/c1ccc2c(c1)OCC(=O)N2. The Morgan fingerprint density at radius 3 is 3.17 bits per heavy atom. The number of nitrogens with one attached hydrogen (secondary N) is 1. The van der Waals surface area contributed by atoms with Crippen molar-refractivity contribution < 1.29 is 19.1 Å². The van der Waals surface area contributed by atoms with Gasteiger partial charge in [0, 0.05) is 6.08 Å². The summed E-state index contributed by atoms with van der Waals surface area (Å²) < 4.78 is 10.0. The Kier molecular flexibility index (Phi) is 3.62. The molecule has 0 spiro atoms. The first-order valence-corrected chi connectivity index (χ1v) is 5.60. The van der Waals surface area contributed by atoms with Crippen LogP contribution in [-0.4, -0.2) is 25.1 Å². The number of esters is 1. The molecule has 0 saturated carbocycles. The average molecular weight is 247 g/mol. The minimum atomic E-state index is -0.385. The monoisotopic (exact) mass is 247 g/mol. The predicted molar refractivity (Wildman–Crippen MR) is 66.2 cm³/mol. The number of hydrogen-bond acceptors (Lipinski definition) is 4. The Bertz CT molecular complexity index is 508. The first kappa shape index (κ1) is 12.2. The van der Waals surface area contributed by atoms with E-state index in [4.69, 9.17) is 9.47 Å². The summed E-state index contributed by atoms with van der Waals surface area (Å²) in [7, 11) is 0. The van der Waals surface area contributed by atoms with Crippen LogP contribution in [0.1, 0.15) is 12.5 Å². The van der Waals surface area contributed by atoms with Gasteiger partial charge in [0.25, 0.3) is 5.91 Å². The maximum Gasteiger partial charge on any atom is 0.330 e. The zero-order valence-electron chi connectivity index (χ0n) is 9.93. The minimum absolute atomic E-state index is 0.0119. The lowest BCUT2D eigenvalue weighted by molar-refractivity contribution is -0.137. The van der Waals surface area contributed by atoms with Crippen LogP contribution in [0.15, 0.2) is 24.3 Å². The molecule has 5 nitrogen and oxygen atoms in total. The van der Waals surface area contributed by atoms with Crippen molar-refractivity contribution in [3.63, 3.8) is 0 Å². The van der Waals surface area contributed by atoms with Crippen molar-refractivity contribution in [2.75, 3.05) is 18.5 Å². The van der Waals surface area contributed by atoms with E-state index in [1.165, 1.54) is 6.08 Å². The van der Waals surface area contributed by atoms with Gasteiger partial charge in [0.2, 0.25) is 0 Å². The molecule has 5 heteroatoms. The molecule has 94 valence electrons. The smallest absolute Gasteiger partial charge is 0.330 e. The second-order valence-electron chi connectivity index (χ2n) is 3.68. The number of benzene rings is 1. The number of anilines is 1. The number of rotatable bonds is 3. The Morgan fingerprint density at radius 1 is 1.56 bits per heavy atom. The maximum atomic E-state index is 11.2. The lowest BCUT2D eigenvalue weighted by Crippen LogP contribution is -2.25. The molecule has 1 aliphatic rings. The zero-order chi connectivity index (χ0) is 13.0. The fraction of sp³-hybridized carbons (Fsp3) is 0.231. The van der Waals surface area contributed by atoms with Gasteiger partial charge in [-0.2, -0.15) is 0 Å². The summed E-state index contributed by atoms with van der Waals surface area (Å²) in [6, 6.07) is 5.27. The van der Waals surface area contributed by atoms with Crippen molar-refractivity contribution in [3.05, 3.63) is 29.8 Å². The second kappa shape index (κ2) is 5.35. The summed E-state index contributed by atoms with van der Waals surface area (Å²) >= 11 is 0. The number of amides is 1. The van der Waals surface area contributed by atoms with E-state index >= 15 is 0 Å². The third-order valence-corrected chi connectivity index (χ3v) is 2.34. The van der Waals surface area contributed by atoms with Crippen LogP contribution in [-0.2, 0) is 14.3 Å². The van der Waals surface area contributed by atoms with Crippen molar-refractivity contribution in [3.8, 4) is 5.75 Å². The van der Waals surface area contributed by atoms with E-state index in [1.807, 2.05) is 0 Å². The third kappa shape index (κ3) is 2.88. The van der Waals surface area contributed by atoms with Gasteiger partial charge < -0.3 is 14.8 Å². The Labute approximate surface area is 104 Å². The molecule has 1 aromatic carbocycles. The van der Waals surface area contributed by atoms with E-state index in [0.717, 1.165) is 5.56 Å². The van der Waals surface area contributed by atoms with Gasteiger partial charge in [0.05, 0.1) is 12.3 Å². The molecule has 0 radical (unpaired) electrons. The molecule has 0 aliphatic carbocycles. The average Bonchev–Trinajstić information content (AvgIpc) is 2.36. The molecule has 1 amide bonds. The molecule has 1 heterocycles. The first-order chi connectivity index (χ1) is 8.69. The van der Waals surface area contributed by atoms with Crippen LogP contribution in [0.5, 0.6) is 5.75 Å². The van der Waals surface area contributed by atoms with Crippen molar-refractivity contribution >= 4 is 23.6 Å². The molecule has 0 bridgehead atoms. The topological polar surface area (TPSA) is 64.6 Å². The maximum absolute atomic E-state index is 11.2. The van der Waals surface area contributed by atoms with Crippen molar-refractivity contribution in [1.82, 2.24) is 0 Å². The molecule has 18 heavy (non-hydrogen) atoms. The summed E-state index contributed by atoms with van der Waals surface area (Å²) in [6.45, 7) is 2.11. The fourth-order valence-electron chi connectivity index (χ4n) is 1.55. The molecule has 2 rings (SSSR count). The third-order valence-electron chi connectivity index (χ3n) is 2.34. The van der Waals surface area contributed by atoms with Crippen LogP contribution in [0.2, 0.25) is 0 Å². The summed E-state index contributed by atoms with van der Waals surface area (Å²) in [5, 5.41) is 2.69. The summed E-state index contributed by atoms with van der Waals surface area (Å²) in [5.74, 6) is 0.0439. The van der Waals surface area contributed by atoms with E-state index in [1.54, 1.807) is 31.2 Å². The van der Waals surface area contributed by atoms with E-state index in [9.17, 15) is 9.59 Å². The van der Waals surface area contributed by atoms with Crippen LogP contribution in [0.25, 0.3) is 6.08 Å². The molecule has 0 aromatic heterocycles. The van der Waals surface area contributed by atoms with Gasteiger partial charge in [-0.3, -0.25) is 4.79 Å². The van der Waals surface area contributed by atoms with Crippen LogP contribution < -0.4 is 10.1 Å². The fourth-order valence-corrected chi connectivity index (χ4v) is 1.55. The molecule has 1 N–H and O–H groups in total. The summed E-state index contributed by atoms with van der Waals surface area (Å²) in [6.07, 6.45) is 2.99. The molecule has 0 fully saturated rings. The molecule has 0 saturated heterocycles. The van der Waals surface area contributed by atoms with Gasteiger partial charge in [-0.05, 0) is 30.7 Å². The minimum Gasteiger partial charge on any atom is -0.482 e. The van der Waals surface area contributed by atoms with Gasteiger partial charge >= 0.3 is 5.97 Å². The summed E-state index contributed by atoms with van der Waals surface area (Å²) in [5.41, 5.74) is 1.44. The Hall–Kier alpha value is -2.30. The van der Waals surface area contributed by atoms with Crippen molar-refractivity contribution in [2.45, 2.75) is 6.92 Å². The largest absolute Gasteiger partial charge is 0.482 e. The lowest BCUT2D eigenvalue weighted by atomic mass is 10.1. The number of fused-ring (bicyclic) bond motifs is 1. The molecule has 1 aromatic rings. The predicted octanol–water partition coefficient (Wildman–Crippen LogP) is 1.59. The van der Waals surface area contributed by atoms with E-state index < -0.39 is 0 Å². The highest BCUT2D eigenvalue weighted by atomic mass is 16.5. The number of hydrogen-bond donors (Lipinski definition) is 1. The van der Waals surface area contributed by atoms with Crippen LogP contribution in [0.3, 0.4) is 0 Å². The Balaban J connectivity index is 2.12. The van der Waals surface area contributed by atoms with Crippen LogP contribution >= 0.6 is 0 Å². The zero-order valence-corrected chi connectivity index (χ0v) is 9.93. The van der Waals surface area contributed by atoms with Crippen molar-refractivity contribution in [1.29, 1.82) is 0 Å². The summed E-state index contributed by atoms with van der Waals surface area (Å²) in [4.78, 5) is 22.2. The Morgan fingerprint density at radius 2 is 2.39 bits per heavy atom. The van der Waals surface area contributed by atoms with Gasteiger partial charge in [0.15, 0.2) is 6.61 Å². The number of ether oxygens (including phenoxy) is 2. The quantitative estimate of drug-likeness (QED) is 0.650. The first-order valence-electron chi connectivity index (χ1n) is 5.60. The van der Waals surface area contributed by atoms with Gasteiger partial charge in [-0.1, -0.05) is 6.07 Å². The molecule has 0 atom stereocenters.